The fourth-order valence-electron chi connectivity index (χ4n) is 2.40. The lowest BCUT2D eigenvalue weighted by atomic mass is 10.1. The summed E-state index contributed by atoms with van der Waals surface area (Å²) in [6.45, 7) is 2.28. The number of nitrogens with zero attached hydrogens (tertiary/aromatic N) is 2. The van der Waals surface area contributed by atoms with Gasteiger partial charge in [0.2, 0.25) is 0 Å². The highest BCUT2D eigenvalue weighted by Crippen LogP contribution is 2.23. The highest BCUT2D eigenvalue weighted by atomic mass is 35.5. The van der Waals surface area contributed by atoms with Gasteiger partial charge in [0.1, 0.15) is 0 Å². The number of pyridine rings is 1. The Morgan fingerprint density at radius 3 is 2.72 bits per heavy atom. The standard InChI is InChI=1S/C14H17N3.ClH/c1-2-9-17(10-3-1)16-14-6-4-5-12-11-15-8-7-13(12)14;/h4-8,11,16H,1-3,9-10H2;1H. The van der Waals surface area contributed by atoms with Gasteiger partial charge in [-0.2, -0.15) is 0 Å². The third kappa shape index (κ3) is 2.74. The average molecular weight is 264 g/mol. The lowest BCUT2D eigenvalue weighted by Gasteiger charge is -2.28. The molecule has 1 aromatic heterocycles. The first-order valence-corrected chi connectivity index (χ1v) is 6.28. The average Bonchev–Trinajstić information content (AvgIpc) is 2.40. The molecule has 0 unspecified atom stereocenters. The van der Waals surface area contributed by atoms with Crippen molar-refractivity contribution >= 4 is 28.9 Å². The molecule has 1 fully saturated rings. The van der Waals surface area contributed by atoms with Crippen LogP contribution in [0.3, 0.4) is 0 Å². The Labute approximate surface area is 114 Å². The first-order chi connectivity index (χ1) is 8.43. The van der Waals surface area contributed by atoms with Crippen molar-refractivity contribution in [3.05, 3.63) is 36.7 Å². The molecule has 1 aliphatic rings. The maximum absolute atomic E-state index is 4.16. The summed E-state index contributed by atoms with van der Waals surface area (Å²) >= 11 is 0. The molecule has 0 bridgehead atoms. The first-order valence-electron chi connectivity index (χ1n) is 6.28. The largest absolute Gasteiger partial charge is 0.318 e. The molecule has 1 aliphatic heterocycles. The fraction of sp³-hybridized carbons (Fsp3) is 0.357. The number of nitrogens with one attached hydrogen (secondary N) is 1. The molecule has 4 heteroatoms. The summed E-state index contributed by atoms with van der Waals surface area (Å²) in [5.41, 5.74) is 4.72. The molecule has 2 aromatic rings. The minimum absolute atomic E-state index is 0. The van der Waals surface area contributed by atoms with E-state index in [0.717, 1.165) is 13.1 Å². The minimum Gasteiger partial charge on any atom is -0.318 e. The second kappa shape index (κ2) is 6.03. The highest BCUT2D eigenvalue weighted by Gasteiger charge is 2.10. The Bertz CT molecular complexity index is 504. The second-order valence-corrected chi connectivity index (χ2v) is 4.56. The molecule has 18 heavy (non-hydrogen) atoms. The zero-order valence-electron chi connectivity index (χ0n) is 10.3. The van der Waals surface area contributed by atoms with Gasteiger partial charge in [0, 0.05) is 36.3 Å². The number of hydrazine groups is 1. The van der Waals surface area contributed by atoms with Crippen molar-refractivity contribution in [3.8, 4) is 0 Å². The van der Waals surface area contributed by atoms with Crippen molar-refractivity contribution in [3.63, 3.8) is 0 Å². The van der Waals surface area contributed by atoms with Crippen LogP contribution in [0.1, 0.15) is 19.3 Å². The summed E-state index contributed by atoms with van der Waals surface area (Å²) in [7, 11) is 0. The number of rotatable bonds is 2. The number of halogens is 1. The molecule has 0 amide bonds. The molecule has 3 nitrogen and oxygen atoms in total. The van der Waals surface area contributed by atoms with Crippen LogP contribution in [0.2, 0.25) is 0 Å². The summed E-state index contributed by atoms with van der Waals surface area (Å²) in [4.78, 5) is 4.16. The number of anilines is 1. The van der Waals surface area contributed by atoms with E-state index in [9.17, 15) is 0 Å². The minimum atomic E-state index is 0. The van der Waals surface area contributed by atoms with Gasteiger partial charge < -0.3 is 5.43 Å². The maximum Gasteiger partial charge on any atom is 0.0569 e. The van der Waals surface area contributed by atoms with Gasteiger partial charge in [-0.25, -0.2) is 5.01 Å². The van der Waals surface area contributed by atoms with Crippen molar-refractivity contribution < 1.29 is 0 Å². The van der Waals surface area contributed by atoms with E-state index in [1.165, 1.54) is 35.7 Å². The molecule has 0 spiro atoms. The molecule has 2 heterocycles. The van der Waals surface area contributed by atoms with Crippen LogP contribution >= 0.6 is 12.4 Å². The van der Waals surface area contributed by atoms with Gasteiger partial charge in [-0.1, -0.05) is 18.6 Å². The van der Waals surface area contributed by atoms with Crippen LogP contribution in [0, 0.1) is 0 Å². The molecule has 0 aliphatic carbocycles. The summed E-state index contributed by atoms with van der Waals surface area (Å²) in [5, 5.41) is 4.75. The van der Waals surface area contributed by atoms with Crippen LogP contribution in [-0.4, -0.2) is 23.1 Å². The van der Waals surface area contributed by atoms with E-state index in [-0.39, 0.29) is 12.4 Å². The number of fused-ring (bicyclic) bond motifs is 1. The predicted octanol–water partition coefficient (Wildman–Crippen LogP) is 3.47. The van der Waals surface area contributed by atoms with E-state index >= 15 is 0 Å². The third-order valence-corrected chi connectivity index (χ3v) is 3.32. The van der Waals surface area contributed by atoms with E-state index in [2.05, 4.69) is 39.7 Å². The third-order valence-electron chi connectivity index (χ3n) is 3.32. The molecule has 0 radical (unpaired) electrons. The van der Waals surface area contributed by atoms with Crippen molar-refractivity contribution in [2.45, 2.75) is 19.3 Å². The summed E-state index contributed by atoms with van der Waals surface area (Å²) in [6.07, 6.45) is 7.71. The molecule has 0 saturated carbocycles. The lowest BCUT2D eigenvalue weighted by molar-refractivity contribution is 0.273. The van der Waals surface area contributed by atoms with Crippen LogP contribution in [0.15, 0.2) is 36.7 Å². The molecule has 1 aromatic carbocycles. The quantitative estimate of drug-likeness (QED) is 0.899. The van der Waals surface area contributed by atoms with Crippen molar-refractivity contribution in [1.29, 1.82) is 0 Å². The van der Waals surface area contributed by atoms with E-state index in [1.807, 2.05) is 12.4 Å². The molecular formula is C14H18ClN3. The summed E-state index contributed by atoms with van der Waals surface area (Å²) in [5.74, 6) is 0. The van der Waals surface area contributed by atoms with Gasteiger partial charge in [0.15, 0.2) is 0 Å². The highest BCUT2D eigenvalue weighted by molar-refractivity contribution is 5.92. The van der Waals surface area contributed by atoms with Crippen LogP contribution < -0.4 is 5.43 Å². The van der Waals surface area contributed by atoms with E-state index in [1.54, 1.807) is 0 Å². The lowest BCUT2D eigenvalue weighted by Crippen LogP contribution is -2.34. The number of benzene rings is 1. The van der Waals surface area contributed by atoms with Crippen molar-refractivity contribution in [1.82, 2.24) is 9.99 Å². The van der Waals surface area contributed by atoms with E-state index in [4.69, 9.17) is 0 Å². The smallest absolute Gasteiger partial charge is 0.0569 e. The molecule has 0 atom stereocenters. The fourth-order valence-corrected chi connectivity index (χ4v) is 2.40. The van der Waals surface area contributed by atoms with Crippen LogP contribution in [0.25, 0.3) is 10.8 Å². The number of piperidine rings is 1. The Morgan fingerprint density at radius 2 is 1.89 bits per heavy atom. The van der Waals surface area contributed by atoms with Gasteiger partial charge in [0.05, 0.1) is 5.69 Å². The zero-order valence-corrected chi connectivity index (χ0v) is 11.1. The molecular weight excluding hydrogens is 246 g/mol. The number of aromatic nitrogens is 1. The van der Waals surface area contributed by atoms with Crippen LogP contribution in [0.5, 0.6) is 0 Å². The predicted molar refractivity (Wildman–Crippen MR) is 78.0 cm³/mol. The maximum atomic E-state index is 4.16. The Balaban J connectivity index is 0.00000120. The van der Waals surface area contributed by atoms with Crippen LogP contribution in [-0.2, 0) is 0 Å². The molecule has 96 valence electrons. The van der Waals surface area contributed by atoms with Gasteiger partial charge >= 0.3 is 0 Å². The normalized spacial score (nSPS) is 16.2. The SMILES string of the molecule is Cl.c1cc(NN2CCCCC2)c2ccncc2c1. The van der Waals surface area contributed by atoms with Crippen LogP contribution in [0.4, 0.5) is 5.69 Å². The second-order valence-electron chi connectivity index (χ2n) is 4.56. The van der Waals surface area contributed by atoms with Gasteiger partial charge in [0.25, 0.3) is 0 Å². The zero-order chi connectivity index (χ0) is 11.5. The number of hydrogen-bond donors (Lipinski definition) is 1. The van der Waals surface area contributed by atoms with Gasteiger partial charge in [-0.05, 0) is 25.0 Å². The topological polar surface area (TPSA) is 28.2 Å². The molecule has 1 N–H and O–H groups in total. The van der Waals surface area contributed by atoms with E-state index in [0.29, 0.717) is 0 Å². The summed E-state index contributed by atoms with van der Waals surface area (Å²) < 4.78 is 0. The first kappa shape index (κ1) is 13.1. The number of hydrogen-bond acceptors (Lipinski definition) is 3. The molecule has 3 rings (SSSR count). The van der Waals surface area contributed by atoms with Gasteiger partial charge in [-0.15, -0.1) is 12.4 Å². The van der Waals surface area contributed by atoms with Gasteiger partial charge in [-0.3, -0.25) is 4.98 Å². The summed E-state index contributed by atoms with van der Waals surface area (Å²) in [6, 6.07) is 8.39. The van der Waals surface area contributed by atoms with E-state index < -0.39 is 0 Å². The monoisotopic (exact) mass is 263 g/mol. The Morgan fingerprint density at radius 1 is 1.06 bits per heavy atom. The Kier molecular flexibility index (Phi) is 4.39. The van der Waals surface area contributed by atoms with Crippen molar-refractivity contribution in [2.24, 2.45) is 0 Å². The molecule has 1 saturated heterocycles. The Hall–Kier alpha value is -1.32. The van der Waals surface area contributed by atoms with Crippen molar-refractivity contribution in [2.75, 3.05) is 18.5 Å².